The number of carbonyl (C=O) groups excluding carboxylic acids is 2. The van der Waals surface area contributed by atoms with Crippen LogP contribution in [0.4, 0.5) is 5.82 Å². The maximum atomic E-state index is 13.8. The predicted octanol–water partition coefficient (Wildman–Crippen LogP) is 3.61. The molecule has 4 heterocycles. The van der Waals surface area contributed by atoms with E-state index < -0.39 is 0 Å². The van der Waals surface area contributed by atoms with Gasteiger partial charge in [-0.05, 0) is 60.2 Å². The maximum Gasteiger partial charge on any atom is 0.254 e. The molecule has 13 heteroatoms. The number of rotatable bonds is 9. The number of methoxy groups -OCH3 is 2. The van der Waals surface area contributed by atoms with E-state index in [1.165, 1.54) is 0 Å². The van der Waals surface area contributed by atoms with Gasteiger partial charge in [0.25, 0.3) is 5.91 Å². The Morgan fingerprint density at radius 2 is 1.49 bits per heavy atom. The molecular formula is C34H33N5O8. The van der Waals surface area contributed by atoms with Crippen LogP contribution in [0.1, 0.15) is 15.9 Å². The van der Waals surface area contributed by atoms with E-state index in [-0.39, 0.29) is 38.5 Å². The number of amides is 2. The van der Waals surface area contributed by atoms with E-state index in [4.69, 9.17) is 28.4 Å². The SMILES string of the molecule is COc1ccc(-c2ccc(N3CCN(C(=O)CN(Cc4ccc5c(c4)OCO5)C(=O)c4ccc5c(c4)OCO5)CC3)nn2)c(OC)c1. The van der Waals surface area contributed by atoms with Crippen LogP contribution in [0, 0.1) is 0 Å². The van der Waals surface area contributed by atoms with Crippen molar-refractivity contribution in [1.82, 2.24) is 20.0 Å². The number of aromatic nitrogens is 2. The summed E-state index contributed by atoms with van der Waals surface area (Å²) in [5.74, 6) is 3.95. The third-order valence-corrected chi connectivity index (χ3v) is 8.33. The molecule has 0 aliphatic carbocycles. The van der Waals surface area contributed by atoms with Crippen molar-refractivity contribution >= 4 is 17.6 Å². The minimum atomic E-state index is -0.295. The third kappa shape index (κ3) is 6.24. The fraction of sp³-hybridized carbons (Fsp3) is 0.294. The minimum absolute atomic E-state index is 0.0973. The summed E-state index contributed by atoms with van der Waals surface area (Å²) in [5, 5.41) is 8.90. The number of fused-ring (bicyclic) bond motifs is 2. The number of ether oxygens (including phenoxy) is 6. The Bertz CT molecular complexity index is 1790. The highest BCUT2D eigenvalue weighted by Crippen LogP contribution is 2.35. The topological polar surface area (TPSA) is 125 Å². The molecule has 3 aliphatic rings. The summed E-state index contributed by atoms with van der Waals surface area (Å²) in [4.78, 5) is 32.9. The van der Waals surface area contributed by atoms with Crippen LogP contribution in [0.15, 0.2) is 66.7 Å². The largest absolute Gasteiger partial charge is 0.497 e. The molecule has 0 unspecified atom stereocenters. The van der Waals surface area contributed by atoms with Gasteiger partial charge in [-0.1, -0.05) is 6.07 Å². The van der Waals surface area contributed by atoms with E-state index in [0.717, 1.165) is 16.9 Å². The molecule has 3 aliphatic heterocycles. The van der Waals surface area contributed by atoms with E-state index in [0.29, 0.717) is 71.9 Å². The first-order valence-corrected chi connectivity index (χ1v) is 15.2. The van der Waals surface area contributed by atoms with Gasteiger partial charge < -0.3 is 43.1 Å². The molecule has 2 amide bonds. The molecule has 0 atom stereocenters. The highest BCUT2D eigenvalue weighted by molar-refractivity contribution is 5.97. The van der Waals surface area contributed by atoms with Crippen molar-refractivity contribution in [2.24, 2.45) is 0 Å². The van der Waals surface area contributed by atoms with E-state index in [1.807, 2.05) is 42.5 Å². The zero-order chi connectivity index (χ0) is 32.3. The normalized spacial score (nSPS) is 14.6. The number of benzene rings is 3. The summed E-state index contributed by atoms with van der Waals surface area (Å²) < 4.78 is 32.7. The minimum Gasteiger partial charge on any atom is -0.497 e. The summed E-state index contributed by atoms with van der Waals surface area (Å²) in [7, 11) is 3.21. The zero-order valence-electron chi connectivity index (χ0n) is 26.0. The molecule has 1 fully saturated rings. The summed E-state index contributed by atoms with van der Waals surface area (Å²) >= 11 is 0. The van der Waals surface area contributed by atoms with E-state index >= 15 is 0 Å². The van der Waals surface area contributed by atoms with Gasteiger partial charge in [0.15, 0.2) is 28.8 Å². The first-order chi connectivity index (χ1) is 23.0. The molecule has 13 nitrogen and oxygen atoms in total. The van der Waals surface area contributed by atoms with Gasteiger partial charge in [0.2, 0.25) is 19.5 Å². The Morgan fingerprint density at radius 3 is 2.19 bits per heavy atom. The van der Waals surface area contributed by atoms with Crippen LogP contribution < -0.4 is 33.3 Å². The standard InChI is InChI=1S/C34H33N5O8/c1-42-24-5-6-25(29(17-24)43-2)26-7-10-32(36-35-26)37-11-13-38(14-12-37)33(40)19-39(18-22-3-8-27-30(15-22)46-20-44-27)34(41)23-4-9-28-31(16-23)47-21-45-28/h3-10,15-17H,11-14,18-21H2,1-2H3. The molecule has 0 bridgehead atoms. The summed E-state index contributed by atoms with van der Waals surface area (Å²) in [6.45, 7) is 2.46. The Labute approximate surface area is 271 Å². The first kappa shape index (κ1) is 30.0. The second-order valence-electron chi connectivity index (χ2n) is 11.1. The smallest absolute Gasteiger partial charge is 0.254 e. The maximum absolute atomic E-state index is 13.8. The van der Waals surface area contributed by atoms with Crippen LogP contribution in [0.3, 0.4) is 0 Å². The number of piperazine rings is 1. The lowest BCUT2D eigenvalue weighted by atomic mass is 10.1. The van der Waals surface area contributed by atoms with Gasteiger partial charge in [-0.15, -0.1) is 10.2 Å². The van der Waals surface area contributed by atoms with Gasteiger partial charge in [0.05, 0.1) is 19.9 Å². The van der Waals surface area contributed by atoms with E-state index in [2.05, 4.69) is 15.1 Å². The van der Waals surface area contributed by atoms with Crippen molar-refractivity contribution in [3.8, 4) is 45.8 Å². The molecule has 242 valence electrons. The van der Waals surface area contributed by atoms with Crippen molar-refractivity contribution in [2.75, 3.05) is 65.4 Å². The van der Waals surface area contributed by atoms with Crippen LogP contribution in [-0.2, 0) is 11.3 Å². The second-order valence-corrected chi connectivity index (χ2v) is 11.1. The monoisotopic (exact) mass is 639 g/mol. The van der Waals surface area contributed by atoms with Crippen LogP contribution >= 0.6 is 0 Å². The second kappa shape index (κ2) is 12.9. The highest BCUT2D eigenvalue weighted by atomic mass is 16.7. The molecule has 3 aromatic carbocycles. The quantitative estimate of drug-likeness (QED) is 0.267. The van der Waals surface area contributed by atoms with Crippen molar-refractivity contribution in [1.29, 1.82) is 0 Å². The van der Waals surface area contributed by atoms with Crippen molar-refractivity contribution < 1.29 is 38.0 Å². The number of hydrogen-bond acceptors (Lipinski definition) is 11. The molecule has 1 saturated heterocycles. The summed E-state index contributed by atoms with van der Waals surface area (Å²) in [6.07, 6.45) is 0. The number of nitrogens with zero attached hydrogens (tertiary/aromatic N) is 5. The number of carbonyl (C=O) groups is 2. The Morgan fingerprint density at radius 1 is 0.766 bits per heavy atom. The number of hydrogen-bond donors (Lipinski definition) is 0. The Balaban J connectivity index is 1.02. The molecule has 4 aromatic rings. The van der Waals surface area contributed by atoms with Crippen molar-refractivity contribution in [3.05, 3.63) is 77.9 Å². The van der Waals surface area contributed by atoms with Crippen molar-refractivity contribution in [2.45, 2.75) is 6.54 Å². The number of anilines is 1. The molecular weight excluding hydrogens is 606 g/mol. The van der Waals surface area contributed by atoms with Gasteiger partial charge in [0, 0.05) is 49.9 Å². The molecule has 1 aromatic heterocycles. The average Bonchev–Trinajstić information content (AvgIpc) is 3.80. The fourth-order valence-corrected chi connectivity index (χ4v) is 5.77. The van der Waals surface area contributed by atoms with Crippen LogP contribution in [0.5, 0.6) is 34.5 Å². The molecule has 0 spiro atoms. The lowest BCUT2D eigenvalue weighted by Gasteiger charge is -2.36. The Hall–Kier alpha value is -5.72. The van der Waals surface area contributed by atoms with Crippen LogP contribution in [0.25, 0.3) is 11.3 Å². The zero-order valence-corrected chi connectivity index (χ0v) is 26.0. The van der Waals surface area contributed by atoms with Crippen LogP contribution in [-0.4, -0.2) is 92.3 Å². The molecule has 47 heavy (non-hydrogen) atoms. The first-order valence-electron chi connectivity index (χ1n) is 15.2. The molecule has 0 N–H and O–H groups in total. The van der Waals surface area contributed by atoms with Crippen LogP contribution in [0.2, 0.25) is 0 Å². The van der Waals surface area contributed by atoms with E-state index in [9.17, 15) is 9.59 Å². The third-order valence-electron chi connectivity index (χ3n) is 8.33. The molecule has 7 rings (SSSR count). The van der Waals surface area contributed by atoms with Gasteiger partial charge in [-0.25, -0.2) is 0 Å². The van der Waals surface area contributed by atoms with Gasteiger partial charge in [0.1, 0.15) is 18.0 Å². The lowest BCUT2D eigenvalue weighted by molar-refractivity contribution is -0.132. The summed E-state index contributed by atoms with van der Waals surface area (Å²) in [5.41, 5.74) is 2.71. The van der Waals surface area contributed by atoms with Gasteiger partial charge in [-0.3, -0.25) is 9.59 Å². The van der Waals surface area contributed by atoms with E-state index in [1.54, 1.807) is 48.3 Å². The van der Waals surface area contributed by atoms with Crippen molar-refractivity contribution in [3.63, 3.8) is 0 Å². The Kier molecular flexibility index (Phi) is 8.25. The molecule has 0 saturated carbocycles. The fourth-order valence-electron chi connectivity index (χ4n) is 5.77. The summed E-state index contributed by atoms with van der Waals surface area (Å²) in [6, 6.07) is 19.9. The lowest BCUT2D eigenvalue weighted by Crippen LogP contribution is -2.52. The predicted molar refractivity (Wildman–Crippen MR) is 169 cm³/mol. The molecule has 0 radical (unpaired) electrons. The average molecular weight is 640 g/mol. The highest BCUT2D eigenvalue weighted by Gasteiger charge is 2.28. The van der Waals surface area contributed by atoms with Gasteiger partial charge in [-0.2, -0.15) is 0 Å². The van der Waals surface area contributed by atoms with Gasteiger partial charge >= 0.3 is 0 Å².